The Hall–Kier alpha value is -2.26. The maximum absolute atomic E-state index is 12.2. The van der Waals surface area contributed by atoms with Gasteiger partial charge in [-0.2, -0.15) is 0 Å². The zero-order valence-electron chi connectivity index (χ0n) is 13.8. The van der Waals surface area contributed by atoms with Crippen molar-refractivity contribution in [2.45, 2.75) is 26.7 Å². The van der Waals surface area contributed by atoms with E-state index in [-0.39, 0.29) is 62.1 Å². The fraction of sp³-hybridized carbons (Fsp3) is 0.600. The van der Waals surface area contributed by atoms with Gasteiger partial charge in [0.1, 0.15) is 5.76 Å². The lowest BCUT2D eigenvalue weighted by molar-refractivity contribution is -0.415. The maximum Gasteiger partial charge on any atom is 0.311 e. The molecule has 0 atom stereocenters. The predicted octanol–water partition coefficient (Wildman–Crippen LogP) is 0.321. The summed E-state index contributed by atoms with van der Waals surface area (Å²) in [7, 11) is 0. The molecule has 0 aromatic carbocycles. The fourth-order valence-corrected chi connectivity index (χ4v) is 2.37. The summed E-state index contributed by atoms with van der Waals surface area (Å²) in [6, 6.07) is 0. The van der Waals surface area contributed by atoms with Gasteiger partial charge in [0.2, 0.25) is 5.84 Å². The summed E-state index contributed by atoms with van der Waals surface area (Å²) in [5, 5.41) is 41.7. The van der Waals surface area contributed by atoms with Gasteiger partial charge in [0.05, 0.1) is 30.3 Å². The first-order valence-corrected chi connectivity index (χ1v) is 7.53. The highest BCUT2D eigenvalue weighted by Crippen LogP contribution is 2.36. The Labute approximate surface area is 139 Å². The first-order valence-electron chi connectivity index (χ1n) is 7.53. The van der Waals surface area contributed by atoms with Crippen LogP contribution in [0, 0.1) is 15.5 Å². The predicted molar refractivity (Wildman–Crippen MR) is 87.2 cm³/mol. The summed E-state index contributed by atoms with van der Waals surface area (Å²) in [6.45, 7) is 3.01. The van der Waals surface area contributed by atoms with Crippen LogP contribution in [0.25, 0.3) is 0 Å². The number of aliphatic hydroxyl groups is 3. The van der Waals surface area contributed by atoms with E-state index in [0.29, 0.717) is 0 Å². The van der Waals surface area contributed by atoms with Gasteiger partial charge in [0, 0.05) is 25.5 Å². The van der Waals surface area contributed by atoms with Crippen LogP contribution in [0.15, 0.2) is 28.1 Å². The second-order valence-corrected chi connectivity index (χ2v) is 6.19. The van der Waals surface area contributed by atoms with Gasteiger partial charge < -0.3 is 20.6 Å². The standard InChI is InChI=1S/C15H23N3O6/c1-15(2)8-12(21)10(13(22)9-15)7-11(18(23)24)14(16-3-5-19)17-4-6-20/h7,19-21H,3-6,8-9H2,1-2H3,(H,16,17). The minimum absolute atomic E-state index is 0.0153. The molecular weight excluding hydrogens is 318 g/mol. The van der Waals surface area contributed by atoms with Gasteiger partial charge in [-0.1, -0.05) is 13.8 Å². The minimum atomic E-state index is -0.728. The van der Waals surface area contributed by atoms with E-state index in [1.165, 1.54) is 0 Å². The van der Waals surface area contributed by atoms with Crippen LogP contribution in [0.3, 0.4) is 0 Å². The van der Waals surface area contributed by atoms with E-state index in [4.69, 9.17) is 10.2 Å². The molecule has 0 radical (unpaired) electrons. The Kier molecular flexibility index (Phi) is 7.05. The Morgan fingerprint density at radius 2 is 2.04 bits per heavy atom. The molecule has 0 aromatic heterocycles. The quantitative estimate of drug-likeness (QED) is 0.226. The van der Waals surface area contributed by atoms with Gasteiger partial charge in [-0.05, 0) is 5.41 Å². The van der Waals surface area contributed by atoms with Gasteiger partial charge in [-0.25, -0.2) is 0 Å². The van der Waals surface area contributed by atoms with Gasteiger partial charge in [0.15, 0.2) is 5.78 Å². The number of carbonyl (C=O) groups excluding carboxylic acids is 1. The van der Waals surface area contributed by atoms with Crippen molar-refractivity contribution in [3.63, 3.8) is 0 Å². The molecule has 9 heteroatoms. The molecule has 0 amide bonds. The molecule has 1 aliphatic carbocycles. The van der Waals surface area contributed by atoms with Crippen molar-refractivity contribution in [2.75, 3.05) is 26.3 Å². The first kappa shape index (κ1) is 19.8. The van der Waals surface area contributed by atoms with Gasteiger partial charge >= 0.3 is 5.70 Å². The summed E-state index contributed by atoms with van der Waals surface area (Å²) in [4.78, 5) is 26.7. The molecule has 1 aliphatic rings. The highest BCUT2D eigenvalue weighted by Gasteiger charge is 2.34. The number of nitro groups is 1. The van der Waals surface area contributed by atoms with Crippen LogP contribution >= 0.6 is 0 Å². The van der Waals surface area contributed by atoms with E-state index in [1.54, 1.807) is 0 Å². The average molecular weight is 341 g/mol. The molecule has 1 rings (SSSR count). The number of nitrogens with zero attached hydrogens (tertiary/aromatic N) is 2. The van der Waals surface area contributed by atoms with Crippen molar-refractivity contribution >= 4 is 11.6 Å². The normalized spacial score (nSPS) is 18.8. The van der Waals surface area contributed by atoms with Crippen molar-refractivity contribution in [2.24, 2.45) is 10.4 Å². The van der Waals surface area contributed by atoms with Gasteiger partial charge in [0.25, 0.3) is 0 Å². The number of rotatable bonds is 7. The van der Waals surface area contributed by atoms with Crippen molar-refractivity contribution in [1.29, 1.82) is 0 Å². The van der Waals surface area contributed by atoms with Crippen molar-refractivity contribution in [3.8, 4) is 0 Å². The van der Waals surface area contributed by atoms with E-state index in [0.717, 1.165) is 6.08 Å². The Bertz CT molecular complexity index is 592. The lowest BCUT2D eigenvalue weighted by Gasteiger charge is -2.28. The third-order valence-electron chi connectivity index (χ3n) is 3.39. The molecular formula is C15H23N3O6. The van der Waals surface area contributed by atoms with Gasteiger partial charge in [-0.15, -0.1) is 0 Å². The van der Waals surface area contributed by atoms with Crippen LogP contribution in [-0.2, 0) is 4.79 Å². The summed E-state index contributed by atoms with van der Waals surface area (Å²) >= 11 is 0. The highest BCUT2D eigenvalue weighted by molar-refractivity contribution is 6.03. The molecule has 0 aliphatic heterocycles. The minimum Gasteiger partial charge on any atom is -0.512 e. The number of carbonyl (C=O) groups is 1. The number of nitrogens with one attached hydrogen (secondary N) is 1. The third-order valence-corrected chi connectivity index (χ3v) is 3.39. The molecule has 134 valence electrons. The Morgan fingerprint density at radius 3 is 2.54 bits per heavy atom. The number of amidine groups is 1. The third kappa shape index (κ3) is 5.43. The van der Waals surface area contributed by atoms with Crippen molar-refractivity contribution in [1.82, 2.24) is 5.32 Å². The lowest BCUT2D eigenvalue weighted by atomic mass is 9.76. The zero-order valence-corrected chi connectivity index (χ0v) is 13.8. The van der Waals surface area contributed by atoms with Crippen LogP contribution in [0.5, 0.6) is 0 Å². The molecule has 0 spiro atoms. The monoisotopic (exact) mass is 341 g/mol. The molecule has 0 saturated carbocycles. The number of hydrogen-bond donors (Lipinski definition) is 4. The molecule has 0 heterocycles. The fourth-order valence-electron chi connectivity index (χ4n) is 2.37. The Morgan fingerprint density at radius 1 is 1.38 bits per heavy atom. The van der Waals surface area contributed by atoms with E-state index in [9.17, 15) is 20.0 Å². The van der Waals surface area contributed by atoms with Crippen molar-refractivity contribution < 1.29 is 25.0 Å². The summed E-state index contributed by atoms with van der Waals surface area (Å²) in [5.74, 6) is -0.743. The average Bonchev–Trinajstić information content (AvgIpc) is 2.46. The smallest absolute Gasteiger partial charge is 0.311 e. The topological polar surface area (TPSA) is 145 Å². The lowest BCUT2D eigenvalue weighted by Crippen LogP contribution is -2.32. The van der Waals surface area contributed by atoms with Crippen LogP contribution in [0.2, 0.25) is 0 Å². The van der Waals surface area contributed by atoms with E-state index in [2.05, 4.69) is 10.3 Å². The molecule has 0 bridgehead atoms. The number of hydrogen-bond acceptors (Lipinski definition) is 7. The SMILES string of the molecule is CC1(C)CC(=O)C(C=C(C(=NCCO)NCCO)[N+](=O)[O-])=C(O)C1. The van der Waals surface area contributed by atoms with Crippen LogP contribution < -0.4 is 5.32 Å². The van der Waals surface area contributed by atoms with Crippen molar-refractivity contribution in [3.05, 3.63) is 33.2 Å². The number of ketones is 1. The second kappa shape index (κ2) is 8.55. The number of allylic oxidation sites excluding steroid dienone is 3. The van der Waals surface area contributed by atoms with Crippen LogP contribution in [0.4, 0.5) is 0 Å². The number of aliphatic hydroxyl groups excluding tert-OH is 3. The number of aliphatic imine (C=N–C) groups is 1. The van der Waals surface area contributed by atoms with E-state index in [1.807, 2.05) is 13.8 Å². The zero-order chi connectivity index (χ0) is 18.3. The van der Waals surface area contributed by atoms with Crippen LogP contribution in [-0.4, -0.2) is 58.2 Å². The van der Waals surface area contributed by atoms with E-state index >= 15 is 0 Å². The largest absolute Gasteiger partial charge is 0.512 e. The first-order chi connectivity index (χ1) is 11.2. The van der Waals surface area contributed by atoms with E-state index < -0.39 is 16.0 Å². The second-order valence-electron chi connectivity index (χ2n) is 6.19. The molecule has 24 heavy (non-hydrogen) atoms. The maximum atomic E-state index is 12.2. The molecule has 0 fully saturated rings. The molecule has 4 N–H and O–H groups in total. The van der Waals surface area contributed by atoms with Crippen LogP contribution in [0.1, 0.15) is 26.7 Å². The van der Waals surface area contributed by atoms with Gasteiger partial charge in [-0.3, -0.25) is 19.9 Å². The summed E-state index contributed by atoms with van der Waals surface area (Å²) in [5.41, 5.74) is -1.02. The molecule has 9 nitrogen and oxygen atoms in total. The summed E-state index contributed by atoms with van der Waals surface area (Å²) < 4.78 is 0. The highest BCUT2D eigenvalue weighted by atomic mass is 16.6. The number of Topliss-reactive ketones (excluding diaryl/α,β-unsaturated/α-hetero) is 1. The Balaban J connectivity index is 3.29. The molecule has 0 aromatic rings. The molecule has 0 unspecified atom stereocenters. The summed E-state index contributed by atoms with van der Waals surface area (Å²) in [6.07, 6.45) is 1.40. The molecule has 0 saturated heterocycles.